The molecule has 0 aliphatic heterocycles. The minimum Gasteiger partial charge on any atom is -0.454 e. The van der Waals surface area contributed by atoms with Gasteiger partial charge in [0.2, 0.25) is 0 Å². The predicted molar refractivity (Wildman–Crippen MR) is 103 cm³/mol. The largest absolute Gasteiger partial charge is 0.454 e. The maximum absolute atomic E-state index is 11.9. The summed E-state index contributed by atoms with van der Waals surface area (Å²) in [6.07, 6.45) is 2.07. The van der Waals surface area contributed by atoms with E-state index < -0.39 is 5.97 Å². The second-order valence-electron chi connectivity index (χ2n) is 6.68. The Hall–Kier alpha value is -2.67. The van der Waals surface area contributed by atoms with Crippen LogP contribution in [-0.4, -0.2) is 37.5 Å². The number of benzene rings is 1. The fourth-order valence-electron chi connectivity index (χ4n) is 2.82. The van der Waals surface area contributed by atoms with Crippen LogP contribution in [0.2, 0.25) is 0 Å². The first-order valence-corrected chi connectivity index (χ1v) is 9.63. The standard InChI is InChI=1S/C20H22N2O4S/c1-14-7-8-16(27-14)19(25)21-11-18(24)26-12-17(23)22-13-20(9-10-20)15-5-3-2-4-6-15/h2-8H,9-13H2,1H3,(H,21,25)(H,22,23). The van der Waals surface area contributed by atoms with Crippen LogP contribution in [0.4, 0.5) is 0 Å². The lowest BCUT2D eigenvalue weighted by Crippen LogP contribution is -2.36. The van der Waals surface area contributed by atoms with Crippen molar-refractivity contribution in [3.05, 3.63) is 57.8 Å². The Morgan fingerprint density at radius 2 is 1.81 bits per heavy atom. The second kappa shape index (κ2) is 8.35. The highest BCUT2D eigenvalue weighted by Crippen LogP contribution is 2.47. The van der Waals surface area contributed by atoms with Gasteiger partial charge in [-0.05, 0) is 37.5 Å². The van der Waals surface area contributed by atoms with Gasteiger partial charge in [-0.3, -0.25) is 14.4 Å². The predicted octanol–water partition coefficient (Wildman–Crippen LogP) is 2.18. The molecule has 0 saturated heterocycles. The van der Waals surface area contributed by atoms with Crippen LogP contribution in [0.3, 0.4) is 0 Å². The molecule has 142 valence electrons. The minimum atomic E-state index is -0.643. The van der Waals surface area contributed by atoms with Crippen LogP contribution in [0.5, 0.6) is 0 Å². The summed E-state index contributed by atoms with van der Waals surface area (Å²) in [6.45, 7) is 1.81. The molecular formula is C20H22N2O4S. The molecule has 3 rings (SSSR count). The highest BCUT2D eigenvalue weighted by atomic mass is 32.1. The van der Waals surface area contributed by atoms with Gasteiger partial charge in [-0.1, -0.05) is 30.3 Å². The molecule has 6 nitrogen and oxygen atoms in total. The summed E-state index contributed by atoms with van der Waals surface area (Å²) in [7, 11) is 0. The van der Waals surface area contributed by atoms with Crippen LogP contribution in [-0.2, 0) is 19.7 Å². The first kappa shape index (κ1) is 19.1. The smallest absolute Gasteiger partial charge is 0.325 e. The molecule has 2 N–H and O–H groups in total. The van der Waals surface area contributed by atoms with E-state index in [2.05, 4.69) is 22.8 Å². The van der Waals surface area contributed by atoms with Gasteiger partial charge in [0.1, 0.15) is 6.54 Å². The monoisotopic (exact) mass is 386 g/mol. The lowest BCUT2D eigenvalue weighted by atomic mass is 9.96. The molecule has 0 bridgehead atoms. The van der Waals surface area contributed by atoms with Gasteiger partial charge in [0.15, 0.2) is 6.61 Å². The maximum atomic E-state index is 11.9. The number of thiophene rings is 1. The Bertz CT molecular complexity index is 828. The molecule has 0 spiro atoms. The third-order valence-electron chi connectivity index (χ3n) is 4.59. The lowest BCUT2D eigenvalue weighted by Gasteiger charge is -2.16. The van der Waals surface area contributed by atoms with Gasteiger partial charge in [0, 0.05) is 16.8 Å². The molecule has 27 heavy (non-hydrogen) atoms. The topological polar surface area (TPSA) is 84.5 Å². The molecule has 1 aliphatic carbocycles. The second-order valence-corrected chi connectivity index (χ2v) is 7.96. The number of aryl methyl sites for hydroxylation is 1. The molecule has 0 atom stereocenters. The number of hydrogen-bond donors (Lipinski definition) is 2. The van der Waals surface area contributed by atoms with Crippen molar-refractivity contribution in [3.8, 4) is 0 Å². The van der Waals surface area contributed by atoms with Crippen molar-refractivity contribution >= 4 is 29.1 Å². The van der Waals surface area contributed by atoms with Gasteiger partial charge >= 0.3 is 5.97 Å². The molecular weight excluding hydrogens is 364 g/mol. The molecule has 2 amide bonds. The average Bonchev–Trinajstić information content (AvgIpc) is 3.36. The SMILES string of the molecule is Cc1ccc(C(=O)NCC(=O)OCC(=O)NCC2(c3ccccc3)CC2)s1. The van der Waals surface area contributed by atoms with Crippen molar-refractivity contribution < 1.29 is 19.1 Å². The van der Waals surface area contributed by atoms with Gasteiger partial charge < -0.3 is 15.4 Å². The Balaban J connectivity index is 1.35. The van der Waals surface area contributed by atoms with E-state index in [0.717, 1.165) is 17.7 Å². The van der Waals surface area contributed by atoms with Crippen LogP contribution in [0, 0.1) is 6.92 Å². The maximum Gasteiger partial charge on any atom is 0.325 e. The zero-order valence-electron chi connectivity index (χ0n) is 15.1. The van der Waals surface area contributed by atoms with Crippen LogP contribution in [0.15, 0.2) is 42.5 Å². The zero-order chi connectivity index (χ0) is 19.3. The summed E-state index contributed by atoms with van der Waals surface area (Å²) in [5.41, 5.74) is 1.22. The van der Waals surface area contributed by atoms with Crippen LogP contribution < -0.4 is 10.6 Å². The molecule has 1 saturated carbocycles. The summed E-state index contributed by atoms with van der Waals surface area (Å²) in [5.74, 6) is -1.31. The number of hydrogen-bond acceptors (Lipinski definition) is 5. The number of carbonyl (C=O) groups is 3. The van der Waals surface area contributed by atoms with E-state index in [1.54, 1.807) is 6.07 Å². The summed E-state index contributed by atoms with van der Waals surface area (Å²) in [4.78, 5) is 37.1. The third-order valence-corrected chi connectivity index (χ3v) is 5.58. The van der Waals surface area contributed by atoms with Crippen LogP contribution in [0.1, 0.15) is 33.0 Å². The van der Waals surface area contributed by atoms with Gasteiger partial charge in [0.25, 0.3) is 11.8 Å². The Labute approximate surface area is 161 Å². The van der Waals surface area contributed by atoms with Gasteiger partial charge in [-0.25, -0.2) is 0 Å². The van der Waals surface area contributed by atoms with Crippen molar-refractivity contribution in [3.63, 3.8) is 0 Å². The highest BCUT2D eigenvalue weighted by Gasteiger charge is 2.44. The lowest BCUT2D eigenvalue weighted by molar-refractivity contribution is -0.147. The van der Waals surface area contributed by atoms with Crippen molar-refractivity contribution in [2.24, 2.45) is 0 Å². The van der Waals surface area contributed by atoms with Crippen LogP contribution >= 0.6 is 11.3 Å². The van der Waals surface area contributed by atoms with Crippen molar-refractivity contribution in [1.29, 1.82) is 0 Å². The van der Waals surface area contributed by atoms with E-state index in [-0.39, 0.29) is 30.4 Å². The number of rotatable bonds is 8. The Morgan fingerprint density at radius 1 is 1.07 bits per heavy atom. The minimum absolute atomic E-state index is 0.00768. The van der Waals surface area contributed by atoms with E-state index in [9.17, 15) is 14.4 Å². The number of amides is 2. The molecule has 7 heteroatoms. The van der Waals surface area contributed by atoms with Gasteiger partial charge in [-0.2, -0.15) is 0 Å². The molecule has 0 radical (unpaired) electrons. The van der Waals surface area contributed by atoms with E-state index >= 15 is 0 Å². The molecule has 2 aromatic rings. The van der Waals surface area contributed by atoms with Crippen molar-refractivity contribution in [1.82, 2.24) is 10.6 Å². The number of ether oxygens (including phenoxy) is 1. The molecule has 1 fully saturated rings. The Morgan fingerprint density at radius 3 is 2.44 bits per heavy atom. The summed E-state index contributed by atoms with van der Waals surface area (Å²) >= 11 is 1.35. The molecule has 1 aromatic heterocycles. The molecule has 1 aromatic carbocycles. The first-order chi connectivity index (χ1) is 13.0. The van der Waals surface area contributed by atoms with Gasteiger partial charge in [0.05, 0.1) is 4.88 Å². The third kappa shape index (κ3) is 5.17. The van der Waals surface area contributed by atoms with Crippen molar-refractivity contribution in [2.75, 3.05) is 19.7 Å². The van der Waals surface area contributed by atoms with E-state index in [1.165, 1.54) is 16.9 Å². The fraction of sp³-hybridized carbons (Fsp3) is 0.350. The highest BCUT2D eigenvalue weighted by molar-refractivity contribution is 7.13. The van der Waals surface area contributed by atoms with E-state index in [0.29, 0.717) is 11.4 Å². The summed E-state index contributed by atoms with van der Waals surface area (Å²) < 4.78 is 4.92. The van der Waals surface area contributed by atoms with E-state index in [1.807, 2.05) is 31.2 Å². The number of esters is 1. The molecule has 1 aliphatic rings. The Kier molecular flexibility index (Phi) is 5.91. The normalized spacial score (nSPS) is 14.3. The summed E-state index contributed by atoms with van der Waals surface area (Å²) in [6, 6.07) is 13.6. The van der Waals surface area contributed by atoms with E-state index in [4.69, 9.17) is 4.74 Å². The average molecular weight is 386 g/mol. The van der Waals surface area contributed by atoms with Crippen LogP contribution in [0.25, 0.3) is 0 Å². The quantitative estimate of drug-likeness (QED) is 0.681. The van der Waals surface area contributed by atoms with Gasteiger partial charge in [-0.15, -0.1) is 11.3 Å². The summed E-state index contributed by atoms with van der Waals surface area (Å²) in [5, 5.41) is 5.32. The molecule has 0 unspecified atom stereocenters. The fourth-order valence-corrected chi connectivity index (χ4v) is 3.61. The molecule has 1 heterocycles. The number of nitrogens with one attached hydrogen (secondary N) is 2. The zero-order valence-corrected chi connectivity index (χ0v) is 15.9. The van der Waals surface area contributed by atoms with Crippen molar-refractivity contribution in [2.45, 2.75) is 25.2 Å². The first-order valence-electron chi connectivity index (χ1n) is 8.81. The number of carbonyl (C=O) groups excluding carboxylic acids is 3.